The molecule has 3 rings (SSSR count). The van der Waals surface area contributed by atoms with Gasteiger partial charge in [0, 0.05) is 25.1 Å². The van der Waals surface area contributed by atoms with Gasteiger partial charge in [-0.25, -0.2) is 8.42 Å². The summed E-state index contributed by atoms with van der Waals surface area (Å²) < 4.78 is 35.9. The van der Waals surface area contributed by atoms with Crippen LogP contribution in [-0.2, 0) is 24.2 Å². The first-order valence-electron chi connectivity index (χ1n) is 12.4. The van der Waals surface area contributed by atoms with Crippen LogP contribution in [0, 0.1) is 11.8 Å². The monoisotopic (exact) mass is 534 g/mol. The van der Waals surface area contributed by atoms with E-state index in [1.807, 2.05) is 6.07 Å². The van der Waals surface area contributed by atoms with Gasteiger partial charge in [0.1, 0.15) is 0 Å². The molecule has 1 aromatic heterocycles. The number of nitrogens with one attached hydrogen (secondary N) is 1. The minimum atomic E-state index is -3.63. The highest BCUT2D eigenvalue weighted by Gasteiger charge is 2.34. The van der Waals surface area contributed by atoms with Crippen LogP contribution in [0.3, 0.4) is 0 Å². The van der Waals surface area contributed by atoms with Gasteiger partial charge in [-0.1, -0.05) is 56.3 Å². The fraction of sp³-hybridized carbons (Fsp3) is 0.560. The number of carbonyl (C=O) groups is 3. The van der Waals surface area contributed by atoms with Crippen molar-refractivity contribution >= 4 is 27.4 Å². The Morgan fingerprint density at radius 1 is 1.08 bits per heavy atom. The lowest BCUT2D eigenvalue weighted by atomic mass is 10.0. The van der Waals surface area contributed by atoms with Gasteiger partial charge in [-0.15, -0.1) is 0 Å². The van der Waals surface area contributed by atoms with E-state index in [1.165, 1.54) is 0 Å². The molecule has 2 heterocycles. The Morgan fingerprint density at radius 3 is 2.38 bits per heavy atom. The highest BCUT2D eigenvalue weighted by atomic mass is 32.2. The van der Waals surface area contributed by atoms with E-state index in [4.69, 9.17) is 9.26 Å². The largest absolute Gasteiger partial charge is 0.378 e. The van der Waals surface area contributed by atoms with Gasteiger partial charge in [-0.2, -0.15) is 4.98 Å². The van der Waals surface area contributed by atoms with Crippen LogP contribution in [0.25, 0.3) is 11.4 Å². The smallest absolute Gasteiger partial charge is 0.296 e. The minimum Gasteiger partial charge on any atom is -0.378 e. The van der Waals surface area contributed by atoms with Crippen molar-refractivity contribution in [1.82, 2.24) is 20.4 Å². The predicted octanol–water partition coefficient (Wildman–Crippen LogP) is 1.75. The fourth-order valence-corrected chi connectivity index (χ4v) is 6.12. The molecule has 2 aromatic rings. The zero-order valence-electron chi connectivity index (χ0n) is 21.4. The Labute approximate surface area is 216 Å². The minimum absolute atomic E-state index is 0.108. The average Bonchev–Trinajstić information content (AvgIpc) is 3.37. The quantitative estimate of drug-likeness (QED) is 0.402. The highest BCUT2D eigenvalue weighted by Crippen LogP contribution is 2.18. The summed E-state index contributed by atoms with van der Waals surface area (Å²) in [5.74, 6) is -3.51. The standard InChI is InChI=1S/C25H34N4O7S/c1-4-20(22(31)25-27-23(28-36-25)18-8-6-5-7-9-18)26-24(32)19(16-37(33,34)15-17(2)3)14-21(30)29-10-12-35-13-11-29/h5-9,17,19-20H,4,10-16H2,1-3H3,(H,26,32)/t19-,20-/m0/s1. The Bertz CT molecular complexity index is 1170. The van der Waals surface area contributed by atoms with Crippen molar-refractivity contribution in [3.63, 3.8) is 0 Å². The van der Waals surface area contributed by atoms with Gasteiger partial charge < -0.3 is 19.5 Å². The summed E-state index contributed by atoms with van der Waals surface area (Å²) in [5, 5.41) is 6.47. The number of benzene rings is 1. The topological polar surface area (TPSA) is 149 Å². The van der Waals surface area contributed by atoms with Crippen LogP contribution in [0.15, 0.2) is 34.9 Å². The average molecular weight is 535 g/mol. The summed E-state index contributed by atoms with van der Waals surface area (Å²) in [4.78, 5) is 44.9. The SMILES string of the molecule is CC[C@H](NC(=O)[C@@H](CC(=O)N1CCOCC1)CS(=O)(=O)CC(C)C)C(=O)c1nc(-c2ccccc2)no1. The van der Waals surface area contributed by atoms with Crippen LogP contribution in [-0.4, -0.2) is 84.9 Å². The molecule has 0 unspecified atom stereocenters. The first-order chi connectivity index (χ1) is 17.6. The van der Waals surface area contributed by atoms with Crippen LogP contribution in [0.1, 0.15) is 44.3 Å². The van der Waals surface area contributed by atoms with E-state index >= 15 is 0 Å². The second-order valence-electron chi connectivity index (χ2n) is 9.49. The zero-order chi connectivity index (χ0) is 27.0. The van der Waals surface area contributed by atoms with Gasteiger partial charge in [0.15, 0.2) is 9.84 Å². The lowest BCUT2D eigenvalue weighted by Gasteiger charge is -2.28. The normalized spacial score (nSPS) is 15.8. The lowest BCUT2D eigenvalue weighted by Crippen LogP contribution is -2.47. The molecule has 2 amide bonds. The Kier molecular flexibility index (Phi) is 9.93. The summed E-state index contributed by atoms with van der Waals surface area (Å²) in [6, 6.07) is 7.95. The maximum atomic E-state index is 13.3. The second kappa shape index (κ2) is 12.9. The van der Waals surface area contributed by atoms with Crippen molar-refractivity contribution in [2.24, 2.45) is 11.8 Å². The molecule has 1 aliphatic heterocycles. The molecular weight excluding hydrogens is 500 g/mol. The number of ether oxygens (including phenoxy) is 1. The van der Waals surface area contributed by atoms with Gasteiger partial charge in [0.05, 0.1) is 36.7 Å². The number of nitrogens with zero attached hydrogens (tertiary/aromatic N) is 3. The van der Waals surface area contributed by atoms with E-state index in [0.717, 1.165) is 0 Å². The summed E-state index contributed by atoms with van der Waals surface area (Å²) in [5.41, 5.74) is 0.666. The molecule has 202 valence electrons. The maximum absolute atomic E-state index is 13.3. The number of carbonyl (C=O) groups excluding carboxylic acids is 3. The molecule has 1 aliphatic rings. The molecule has 1 N–H and O–H groups in total. The van der Waals surface area contributed by atoms with Crippen molar-refractivity contribution in [2.45, 2.75) is 39.7 Å². The molecule has 0 aliphatic carbocycles. The number of amides is 2. The van der Waals surface area contributed by atoms with Gasteiger partial charge >= 0.3 is 0 Å². The molecule has 1 aromatic carbocycles. The number of Topliss-reactive ketones (excluding diaryl/α,β-unsaturated/α-hetero) is 1. The van der Waals surface area contributed by atoms with Gasteiger partial charge in [-0.05, 0) is 12.3 Å². The third-order valence-electron chi connectivity index (χ3n) is 5.91. The van der Waals surface area contributed by atoms with E-state index in [1.54, 1.807) is 49.9 Å². The molecule has 37 heavy (non-hydrogen) atoms. The maximum Gasteiger partial charge on any atom is 0.296 e. The summed E-state index contributed by atoms with van der Waals surface area (Å²) >= 11 is 0. The molecule has 0 bridgehead atoms. The van der Waals surface area contributed by atoms with Crippen molar-refractivity contribution in [3.05, 3.63) is 36.2 Å². The summed E-state index contributed by atoms with van der Waals surface area (Å²) in [7, 11) is -3.63. The molecule has 1 saturated heterocycles. The molecule has 0 radical (unpaired) electrons. The van der Waals surface area contributed by atoms with E-state index in [0.29, 0.717) is 31.9 Å². The van der Waals surface area contributed by atoms with E-state index in [-0.39, 0.29) is 42.1 Å². The van der Waals surface area contributed by atoms with Crippen molar-refractivity contribution in [1.29, 1.82) is 0 Å². The number of morpholine rings is 1. The van der Waals surface area contributed by atoms with Crippen LogP contribution >= 0.6 is 0 Å². The third kappa shape index (κ3) is 8.19. The first kappa shape index (κ1) is 28.5. The summed E-state index contributed by atoms with van der Waals surface area (Å²) in [6.45, 7) is 6.76. The van der Waals surface area contributed by atoms with E-state index in [2.05, 4.69) is 15.5 Å². The Morgan fingerprint density at radius 2 is 1.76 bits per heavy atom. The molecule has 2 atom stereocenters. The highest BCUT2D eigenvalue weighted by molar-refractivity contribution is 7.91. The fourth-order valence-electron chi connectivity index (χ4n) is 4.08. The Balaban J connectivity index is 1.75. The number of ketones is 1. The molecule has 0 saturated carbocycles. The second-order valence-corrected chi connectivity index (χ2v) is 11.6. The number of aromatic nitrogens is 2. The van der Waals surface area contributed by atoms with Gasteiger partial charge in [0.2, 0.25) is 23.4 Å². The molecule has 12 heteroatoms. The van der Waals surface area contributed by atoms with Crippen LogP contribution in [0.2, 0.25) is 0 Å². The lowest BCUT2D eigenvalue weighted by molar-refractivity contribution is -0.139. The van der Waals surface area contributed by atoms with Crippen molar-refractivity contribution in [3.8, 4) is 11.4 Å². The van der Waals surface area contributed by atoms with E-state index < -0.39 is 39.2 Å². The van der Waals surface area contributed by atoms with Crippen molar-refractivity contribution in [2.75, 3.05) is 37.8 Å². The molecule has 0 spiro atoms. The third-order valence-corrected chi connectivity index (χ3v) is 7.99. The summed E-state index contributed by atoms with van der Waals surface area (Å²) in [6.07, 6.45) is -0.0804. The molecule has 11 nitrogen and oxygen atoms in total. The Hall–Kier alpha value is -3.12. The molecule has 1 fully saturated rings. The first-order valence-corrected chi connectivity index (χ1v) is 14.2. The zero-order valence-corrected chi connectivity index (χ0v) is 22.2. The van der Waals surface area contributed by atoms with Crippen LogP contribution in [0.4, 0.5) is 0 Å². The van der Waals surface area contributed by atoms with E-state index in [9.17, 15) is 22.8 Å². The number of hydrogen-bond donors (Lipinski definition) is 1. The van der Waals surface area contributed by atoms with Crippen LogP contribution < -0.4 is 5.32 Å². The van der Waals surface area contributed by atoms with Gasteiger partial charge in [-0.3, -0.25) is 14.4 Å². The van der Waals surface area contributed by atoms with Crippen LogP contribution in [0.5, 0.6) is 0 Å². The number of hydrogen-bond acceptors (Lipinski definition) is 9. The predicted molar refractivity (Wildman–Crippen MR) is 135 cm³/mol. The number of sulfone groups is 1. The van der Waals surface area contributed by atoms with Crippen molar-refractivity contribution < 1.29 is 32.1 Å². The number of rotatable bonds is 12. The van der Waals surface area contributed by atoms with Gasteiger partial charge in [0.25, 0.3) is 5.89 Å². The molecular formula is C25H34N4O7S.